The molecule has 0 fully saturated rings. The summed E-state index contributed by atoms with van der Waals surface area (Å²) < 4.78 is 12.8. The average molecular weight is 230 g/mol. The Kier molecular flexibility index (Phi) is 3.70. The summed E-state index contributed by atoms with van der Waals surface area (Å²) >= 11 is 0. The van der Waals surface area contributed by atoms with Gasteiger partial charge in [-0.3, -0.25) is 4.98 Å². The van der Waals surface area contributed by atoms with Gasteiger partial charge >= 0.3 is 0 Å². The number of hydrogen-bond acceptors (Lipinski definition) is 2. The summed E-state index contributed by atoms with van der Waals surface area (Å²) in [6.45, 7) is 2.08. The number of para-hydroxylation sites is 1. The zero-order valence-electron chi connectivity index (χ0n) is 9.73. The Morgan fingerprint density at radius 1 is 1.18 bits per heavy atom. The van der Waals surface area contributed by atoms with Gasteiger partial charge in [-0.1, -0.05) is 25.1 Å². The van der Waals surface area contributed by atoms with Crippen LogP contribution in [0.15, 0.2) is 48.7 Å². The third-order valence-corrected chi connectivity index (χ3v) is 2.63. The maximum absolute atomic E-state index is 12.8. The summed E-state index contributed by atoms with van der Waals surface area (Å²) in [7, 11) is 0. The molecule has 88 valence electrons. The lowest BCUT2D eigenvalue weighted by Crippen LogP contribution is -2.11. The van der Waals surface area contributed by atoms with Gasteiger partial charge < -0.3 is 5.32 Å². The topological polar surface area (TPSA) is 24.9 Å². The monoisotopic (exact) mass is 230 g/mol. The van der Waals surface area contributed by atoms with Crippen LogP contribution in [0.2, 0.25) is 0 Å². The number of nitrogens with one attached hydrogen (secondary N) is 1. The second-order valence-corrected chi connectivity index (χ2v) is 3.87. The number of halogens is 1. The third kappa shape index (κ3) is 3.03. The van der Waals surface area contributed by atoms with Gasteiger partial charge in [-0.25, -0.2) is 4.39 Å². The molecule has 2 aromatic rings. The minimum atomic E-state index is -0.302. The van der Waals surface area contributed by atoms with Crippen LogP contribution < -0.4 is 5.32 Å². The van der Waals surface area contributed by atoms with Crippen LogP contribution in [0.3, 0.4) is 0 Å². The Hall–Kier alpha value is -1.90. The highest BCUT2D eigenvalue weighted by Gasteiger charge is 2.10. The van der Waals surface area contributed by atoms with Gasteiger partial charge in [0, 0.05) is 5.69 Å². The number of nitrogens with zero attached hydrogens (tertiary/aromatic N) is 1. The highest BCUT2D eigenvalue weighted by molar-refractivity contribution is 5.44. The first-order valence-electron chi connectivity index (χ1n) is 5.72. The van der Waals surface area contributed by atoms with E-state index in [0.717, 1.165) is 17.8 Å². The molecule has 1 heterocycles. The van der Waals surface area contributed by atoms with Gasteiger partial charge in [0.2, 0.25) is 0 Å². The lowest BCUT2D eigenvalue weighted by Gasteiger charge is -2.17. The van der Waals surface area contributed by atoms with Gasteiger partial charge in [0.15, 0.2) is 0 Å². The van der Waals surface area contributed by atoms with Gasteiger partial charge in [0.1, 0.15) is 5.82 Å². The number of hydrogen-bond donors (Lipinski definition) is 1. The zero-order chi connectivity index (χ0) is 12.1. The van der Waals surface area contributed by atoms with Crippen molar-refractivity contribution in [3.63, 3.8) is 0 Å². The molecular formula is C14H15FN2. The summed E-state index contributed by atoms with van der Waals surface area (Å²) in [5.41, 5.74) is 1.91. The summed E-state index contributed by atoms with van der Waals surface area (Å²) in [6.07, 6.45) is 2.15. The van der Waals surface area contributed by atoms with E-state index in [1.165, 1.54) is 12.3 Å². The summed E-state index contributed by atoms with van der Waals surface area (Å²) in [5.74, 6) is -0.302. The van der Waals surface area contributed by atoms with Crippen molar-refractivity contribution in [1.82, 2.24) is 4.98 Å². The average Bonchev–Trinajstić information content (AvgIpc) is 2.38. The van der Waals surface area contributed by atoms with Gasteiger partial charge in [-0.2, -0.15) is 0 Å². The molecular weight excluding hydrogens is 215 g/mol. The molecule has 2 rings (SSSR count). The minimum Gasteiger partial charge on any atom is -0.377 e. The van der Waals surface area contributed by atoms with E-state index in [-0.39, 0.29) is 11.9 Å². The molecule has 1 aromatic heterocycles. The predicted octanol–water partition coefficient (Wildman–Crippen LogP) is 3.78. The molecule has 0 aliphatic rings. The summed E-state index contributed by atoms with van der Waals surface area (Å²) in [4.78, 5) is 4.11. The first-order valence-corrected chi connectivity index (χ1v) is 5.72. The van der Waals surface area contributed by atoms with Crippen LogP contribution in [-0.4, -0.2) is 4.98 Å². The molecule has 0 saturated heterocycles. The lowest BCUT2D eigenvalue weighted by atomic mass is 10.1. The van der Waals surface area contributed by atoms with Crippen molar-refractivity contribution in [1.29, 1.82) is 0 Å². The summed E-state index contributed by atoms with van der Waals surface area (Å²) in [5, 5.41) is 3.38. The Labute approximate surface area is 101 Å². The van der Waals surface area contributed by atoms with Gasteiger partial charge in [-0.05, 0) is 30.7 Å². The highest BCUT2D eigenvalue weighted by Crippen LogP contribution is 2.20. The zero-order valence-corrected chi connectivity index (χ0v) is 9.73. The van der Waals surface area contributed by atoms with Crippen LogP contribution in [0.1, 0.15) is 25.1 Å². The van der Waals surface area contributed by atoms with Crippen LogP contribution in [0.25, 0.3) is 0 Å². The molecule has 3 heteroatoms. The second-order valence-electron chi connectivity index (χ2n) is 3.87. The lowest BCUT2D eigenvalue weighted by molar-refractivity contribution is 0.614. The van der Waals surface area contributed by atoms with Crippen LogP contribution in [-0.2, 0) is 0 Å². The third-order valence-electron chi connectivity index (χ3n) is 2.63. The van der Waals surface area contributed by atoms with Crippen molar-refractivity contribution < 1.29 is 4.39 Å². The fraction of sp³-hybridized carbons (Fsp3) is 0.214. The highest BCUT2D eigenvalue weighted by atomic mass is 19.1. The minimum absolute atomic E-state index is 0.109. The van der Waals surface area contributed by atoms with Crippen LogP contribution in [0.5, 0.6) is 0 Å². The largest absolute Gasteiger partial charge is 0.377 e. The Bertz CT molecular complexity index is 453. The maximum atomic E-state index is 12.8. The molecule has 0 aliphatic carbocycles. The molecule has 0 aliphatic heterocycles. The summed E-state index contributed by atoms with van der Waals surface area (Å²) in [6, 6.07) is 13.2. The van der Waals surface area contributed by atoms with Gasteiger partial charge in [0.05, 0.1) is 17.9 Å². The number of anilines is 1. The van der Waals surface area contributed by atoms with E-state index in [1.54, 1.807) is 6.07 Å². The maximum Gasteiger partial charge on any atom is 0.141 e. The fourth-order valence-corrected chi connectivity index (χ4v) is 1.71. The molecule has 0 bridgehead atoms. The molecule has 1 unspecified atom stereocenters. The van der Waals surface area contributed by atoms with Gasteiger partial charge in [0.25, 0.3) is 0 Å². The standard InChI is InChI=1S/C14H15FN2/c1-2-13(14-9-8-11(15)10-16-14)17-12-6-4-3-5-7-12/h3-10,13,17H,2H2,1H3. The predicted molar refractivity (Wildman–Crippen MR) is 67.3 cm³/mol. The molecule has 0 radical (unpaired) electrons. The Balaban J connectivity index is 2.14. The Morgan fingerprint density at radius 2 is 1.94 bits per heavy atom. The Morgan fingerprint density at radius 3 is 2.53 bits per heavy atom. The van der Waals surface area contributed by atoms with Crippen LogP contribution in [0, 0.1) is 5.82 Å². The first-order chi connectivity index (χ1) is 8.29. The fourth-order valence-electron chi connectivity index (χ4n) is 1.71. The number of pyridine rings is 1. The van der Waals surface area contributed by atoms with Crippen molar-refractivity contribution in [2.24, 2.45) is 0 Å². The van der Waals surface area contributed by atoms with Crippen LogP contribution >= 0.6 is 0 Å². The number of rotatable bonds is 4. The van der Waals surface area contributed by atoms with Crippen molar-refractivity contribution in [2.75, 3.05) is 5.32 Å². The second kappa shape index (κ2) is 5.43. The molecule has 1 aromatic carbocycles. The first kappa shape index (κ1) is 11.6. The van der Waals surface area contributed by atoms with E-state index in [4.69, 9.17) is 0 Å². The quantitative estimate of drug-likeness (QED) is 0.864. The van der Waals surface area contributed by atoms with E-state index in [9.17, 15) is 4.39 Å². The van der Waals surface area contributed by atoms with Crippen molar-refractivity contribution >= 4 is 5.69 Å². The van der Waals surface area contributed by atoms with Crippen LogP contribution in [0.4, 0.5) is 10.1 Å². The van der Waals surface area contributed by atoms with Crippen molar-refractivity contribution in [2.45, 2.75) is 19.4 Å². The van der Waals surface area contributed by atoms with E-state index >= 15 is 0 Å². The van der Waals surface area contributed by atoms with Gasteiger partial charge in [-0.15, -0.1) is 0 Å². The van der Waals surface area contributed by atoms with E-state index in [0.29, 0.717) is 0 Å². The smallest absolute Gasteiger partial charge is 0.141 e. The number of benzene rings is 1. The molecule has 2 nitrogen and oxygen atoms in total. The van der Waals surface area contributed by atoms with E-state index < -0.39 is 0 Å². The molecule has 1 N–H and O–H groups in total. The van der Waals surface area contributed by atoms with Crippen molar-refractivity contribution in [3.05, 3.63) is 60.2 Å². The van der Waals surface area contributed by atoms with E-state index in [1.807, 2.05) is 30.3 Å². The molecule has 0 amide bonds. The normalized spacial score (nSPS) is 12.1. The molecule has 17 heavy (non-hydrogen) atoms. The molecule has 0 spiro atoms. The SMILES string of the molecule is CCC(Nc1ccccc1)c1ccc(F)cn1. The van der Waals surface area contributed by atoms with Crippen molar-refractivity contribution in [3.8, 4) is 0 Å². The molecule has 1 atom stereocenters. The van der Waals surface area contributed by atoms with E-state index in [2.05, 4.69) is 17.2 Å². The number of aromatic nitrogens is 1. The molecule has 0 saturated carbocycles.